The van der Waals surface area contributed by atoms with E-state index in [1.165, 1.54) is 0 Å². The van der Waals surface area contributed by atoms with Crippen LogP contribution in [0.2, 0.25) is 0 Å². The van der Waals surface area contributed by atoms with Gasteiger partial charge in [0.2, 0.25) is 5.95 Å². The Hall–Kier alpha value is -2.24. The van der Waals surface area contributed by atoms with Crippen LogP contribution < -0.4 is 9.80 Å². The summed E-state index contributed by atoms with van der Waals surface area (Å²) < 4.78 is 0. The van der Waals surface area contributed by atoms with Gasteiger partial charge in [-0.3, -0.25) is 0 Å². The number of nitrogens with zero attached hydrogens (tertiary/aromatic N) is 6. The summed E-state index contributed by atoms with van der Waals surface area (Å²) in [6, 6.07) is 0. The molecule has 0 aliphatic carbocycles. The van der Waals surface area contributed by atoms with E-state index in [9.17, 15) is 0 Å². The lowest BCUT2D eigenvalue weighted by atomic mass is 10.2. The lowest BCUT2D eigenvalue weighted by Crippen LogP contribution is -2.47. The summed E-state index contributed by atoms with van der Waals surface area (Å²) in [7, 11) is 0. The predicted octanol–water partition coefficient (Wildman–Crippen LogP) is 1.52. The molecule has 1 saturated heterocycles. The van der Waals surface area contributed by atoms with E-state index in [0.29, 0.717) is 0 Å². The molecule has 6 nitrogen and oxygen atoms in total. The van der Waals surface area contributed by atoms with Gasteiger partial charge in [-0.05, 0) is 26.3 Å². The molecule has 3 rings (SSSR count). The maximum atomic E-state index is 4.44. The van der Waals surface area contributed by atoms with Crippen molar-refractivity contribution in [2.24, 2.45) is 0 Å². The average molecular weight is 284 g/mol. The Bertz CT molecular complexity index is 617. The Morgan fingerprint density at radius 2 is 1.43 bits per heavy atom. The molecular formula is C15H20N6. The van der Waals surface area contributed by atoms with Crippen molar-refractivity contribution >= 4 is 11.8 Å². The molecule has 1 aliphatic rings. The Labute approximate surface area is 124 Å². The molecule has 0 bridgehead atoms. The smallest absolute Gasteiger partial charge is 0.225 e. The van der Waals surface area contributed by atoms with Crippen LogP contribution in [0.4, 0.5) is 11.8 Å². The third kappa shape index (κ3) is 2.79. The van der Waals surface area contributed by atoms with Crippen LogP contribution in [0.3, 0.4) is 0 Å². The minimum atomic E-state index is 0.816. The Kier molecular flexibility index (Phi) is 3.68. The lowest BCUT2D eigenvalue weighted by molar-refractivity contribution is 0.631. The van der Waals surface area contributed by atoms with Gasteiger partial charge in [-0.1, -0.05) is 0 Å². The zero-order valence-corrected chi connectivity index (χ0v) is 12.7. The van der Waals surface area contributed by atoms with Crippen LogP contribution in [0, 0.1) is 20.8 Å². The van der Waals surface area contributed by atoms with Gasteiger partial charge in [-0.25, -0.2) is 19.9 Å². The van der Waals surface area contributed by atoms with Crippen LogP contribution in [0.25, 0.3) is 0 Å². The Morgan fingerprint density at radius 3 is 2.10 bits per heavy atom. The molecule has 1 fully saturated rings. The minimum Gasteiger partial charge on any atom is -0.353 e. The van der Waals surface area contributed by atoms with Crippen LogP contribution >= 0.6 is 0 Å². The number of piperazine rings is 1. The molecule has 0 atom stereocenters. The van der Waals surface area contributed by atoms with Gasteiger partial charge in [-0.2, -0.15) is 0 Å². The third-order valence-corrected chi connectivity index (χ3v) is 3.94. The molecule has 2 aromatic heterocycles. The molecule has 3 heterocycles. The van der Waals surface area contributed by atoms with E-state index in [-0.39, 0.29) is 0 Å². The molecule has 0 unspecified atom stereocenters. The highest BCUT2D eigenvalue weighted by Gasteiger charge is 2.21. The molecule has 0 radical (unpaired) electrons. The van der Waals surface area contributed by atoms with E-state index in [4.69, 9.17) is 0 Å². The highest BCUT2D eigenvalue weighted by molar-refractivity contribution is 5.49. The number of hydrogen-bond acceptors (Lipinski definition) is 6. The summed E-state index contributed by atoms with van der Waals surface area (Å²) in [4.78, 5) is 22.0. The summed E-state index contributed by atoms with van der Waals surface area (Å²) in [6.45, 7) is 9.78. The van der Waals surface area contributed by atoms with E-state index in [1.54, 1.807) is 6.33 Å². The molecule has 21 heavy (non-hydrogen) atoms. The normalized spacial score (nSPS) is 15.4. The second-order valence-corrected chi connectivity index (χ2v) is 5.44. The fourth-order valence-corrected chi connectivity index (χ4v) is 2.51. The number of anilines is 2. The van der Waals surface area contributed by atoms with E-state index < -0.39 is 0 Å². The lowest BCUT2D eigenvalue weighted by Gasteiger charge is -2.36. The van der Waals surface area contributed by atoms with Crippen molar-refractivity contribution in [2.75, 3.05) is 36.0 Å². The van der Waals surface area contributed by atoms with Gasteiger partial charge < -0.3 is 9.80 Å². The van der Waals surface area contributed by atoms with Gasteiger partial charge in [-0.15, -0.1) is 0 Å². The van der Waals surface area contributed by atoms with Crippen molar-refractivity contribution in [3.05, 3.63) is 35.5 Å². The van der Waals surface area contributed by atoms with Crippen LogP contribution in [0.1, 0.15) is 16.8 Å². The van der Waals surface area contributed by atoms with Crippen LogP contribution in [-0.2, 0) is 0 Å². The molecule has 1 aliphatic heterocycles. The molecule has 0 saturated carbocycles. The zero-order valence-electron chi connectivity index (χ0n) is 12.7. The summed E-state index contributed by atoms with van der Waals surface area (Å²) in [6.07, 6.45) is 5.38. The van der Waals surface area contributed by atoms with Crippen molar-refractivity contribution in [3.63, 3.8) is 0 Å². The summed E-state index contributed by atoms with van der Waals surface area (Å²) in [5.74, 6) is 1.86. The first-order valence-electron chi connectivity index (χ1n) is 7.22. The van der Waals surface area contributed by atoms with Crippen LogP contribution in [0.5, 0.6) is 0 Å². The Balaban J connectivity index is 1.70. The molecule has 0 N–H and O–H groups in total. The molecular weight excluding hydrogens is 264 g/mol. The highest BCUT2D eigenvalue weighted by atomic mass is 15.3. The van der Waals surface area contributed by atoms with Crippen molar-refractivity contribution in [1.29, 1.82) is 0 Å². The quantitative estimate of drug-likeness (QED) is 0.833. The van der Waals surface area contributed by atoms with E-state index in [1.807, 2.05) is 26.2 Å². The number of hydrogen-bond donors (Lipinski definition) is 0. The van der Waals surface area contributed by atoms with E-state index in [0.717, 1.165) is 54.8 Å². The van der Waals surface area contributed by atoms with Gasteiger partial charge in [0, 0.05) is 49.8 Å². The van der Waals surface area contributed by atoms with Gasteiger partial charge in [0.15, 0.2) is 0 Å². The molecule has 0 spiro atoms. The first-order valence-corrected chi connectivity index (χ1v) is 7.22. The van der Waals surface area contributed by atoms with Gasteiger partial charge in [0.1, 0.15) is 12.1 Å². The van der Waals surface area contributed by atoms with Crippen molar-refractivity contribution in [3.8, 4) is 0 Å². The van der Waals surface area contributed by atoms with Crippen LogP contribution in [0.15, 0.2) is 18.7 Å². The minimum absolute atomic E-state index is 0.816. The van der Waals surface area contributed by atoms with Gasteiger partial charge in [0.05, 0.1) is 0 Å². The highest BCUT2D eigenvalue weighted by Crippen LogP contribution is 2.20. The second kappa shape index (κ2) is 5.63. The average Bonchev–Trinajstić information content (AvgIpc) is 2.51. The summed E-state index contributed by atoms with van der Waals surface area (Å²) in [5.41, 5.74) is 3.30. The first kappa shape index (κ1) is 13.7. The maximum Gasteiger partial charge on any atom is 0.225 e. The van der Waals surface area contributed by atoms with Crippen molar-refractivity contribution in [2.45, 2.75) is 20.8 Å². The first-order chi connectivity index (χ1) is 10.1. The number of aryl methyl sites for hydroxylation is 2. The maximum absolute atomic E-state index is 4.44. The van der Waals surface area contributed by atoms with Gasteiger partial charge >= 0.3 is 0 Å². The summed E-state index contributed by atoms with van der Waals surface area (Å²) >= 11 is 0. The molecule has 6 heteroatoms. The number of rotatable bonds is 2. The topological polar surface area (TPSA) is 58.0 Å². The van der Waals surface area contributed by atoms with Crippen molar-refractivity contribution in [1.82, 2.24) is 19.9 Å². The standard InChI is InChI=1S/C15H20N6/c1-11-8-16-15(17-9-11)21-6-4-20(5-7-21)14-12(2)13(3)18-10-19-14/h8-10H,4-7H2,1-3H3. The van der Waals surface area contributed by atoms with Crippen molar-refractivity contribution < 1.29 is 0 Å². The SMILES string of the molecule is Cc1cnc(N2CCN(c3ncnc(C)c3C)CC2)nc1. The molecule has 0 amide bonds. The van der Waals surface area contributed by atoms with Gasteiger partial charge in [0.25, 0.3) is 0 Å². The predicted molar refractivity (Wildman–Crippen MR) is 82.7 cm³/mol. The van der Waals surface area contributed by atoms with E-state index in [2.05, 4.69) is 36.7 Å². The second-order valence-electron chi connectivity index (χ2n) is 5.44. The largest absolute Gasteiger partial charge is 0.353 e. The molecule has 2 aromatic rings. The molecule has 110 valence electrons. The third-order valence-electron chi connectivity index (χ3n) is 3.94. The Morgan fingerprint density at radius 1 is 0.810 bits per heavy atom. The fourth-order valence-electron chi connectivity index (χ4n) is 2.51. The number of aromatic nitrogens is 4. The summed E-state index contributed by atoms with van der Waals surface area (Å²) in [5, 5.41) is 0. The van der Waals surface area contributed by atoms with E-state index >= 15 is 0 Å². The van der Waals surface area contributed by atoms with Crippen LogP contribution in [-0.4, -0.2) is 46.1 Å². The zero-order chi connectivity index (χ0) is 14.8. The monoisotopic (exact) mass is 284 g/mol. The fraction of sp³-hybridized carbons (Fsp3) is 0.467. The molecule has 0 aromatic carbocycles.